The van der Waals surface area contributed by atoms with Gasteiger partial charge in [0.2, 0.25) is 5.91 Å². The second-order valence-electron chi connectivity index (χ2n) is 5.86. The molecule has 7 nitrogen and oxygen atoms in total. The molecule has 27 heavy (non-hydrogen) atoms. The molecule has 8 heteroatoms. The number of thioether (sulfide) groups is 1. The first-order valence-corrected chi connectivity index (χ1v) is 9.54. The molecular formula is C19H22N4O3S. The fourth-order valence-electron chi connectivity index (χ4n) is 2.58. The van der Waals surface area contributed by atoms with Crippen LogP contribution in [-0.2, 0) is 11.3 Å². The summed E-state index contributed by atoms with van der Waals surface area (Å²) in [6.45, 7) is 4.82. The normalized spacial score (nSPS) is 12.0. The summed E-state index contributed by atoms with van der Waals surface area (Å²) in [6, 6.07) is 11.4. The van der Waals surface area contributed by atoms with E-state index in [0.717, 1.165) is 17.1 Å². The molecule has 0 aliphatic carbocycles. The maximum atomic E-state index is 12.1. The third-order valence-corrected chi connectivity index (χ3v) is 5.02. The zero-order chi connectivity index (χ0) is 19.2. The van der Waals surface area contributed by atoms with Gasteiger partial charge in [-0.1, -0.05) is 23.9 Å². The average molecular weight is 386 g/mol. The third-order valence-electron chi connectivity index (χ3n) is 3.94. The number of nitrogens with one attached hydrogen (secondary N) is 1. The van der Waals surface area contributed by atoms with Crippen molar-refractivity contribution in [3.8, 4) is 17.1 Å². The maximum absolute atomic E-state index is 12.1. The first-order chi connectivity index (χ1) is 13.1. The van der Waals surface area contributed by atoms with Gasteiger partial charge in [-0.05, 0) is 38.1 Å². The van der Waals surface area contributed by atoms with Gasteiger partial charge in [0, 0.05) is 12.1 Å². The minimum absolute atomic E-state index is 0.0296. The molecule has 0 bridgehead atoms. The Morgan fingerprint density at radius 2 is 2.19 bits per heavy atom. The van der Waals surface area contributed by atoms with Gasteiger partial charge in [-0.3, -0.25) is 9.36 Å². The summed E-state index contributed by atoms with van der Waals surface area (Å²) < 4.78 is 12.8. The van der Waals surface area contributed by atoms with E-state index >= 15 is 0 Å². The monoisotopic (exact) mass is 386 g/mol. The molecule has 0 saturated carbocycles. The lowest BCUT2D eigenvalue weighted by molar-refractivity contribution is -0.120. The summed E-state index contributed by atoms with van der Waals surface area (Å²) in [6.07, 6.45) is 1.63. The van der Waals surface area contributed by atoms with E-state index < -0.39 is 0 Å². The smallest absolute Gasteiger partial charge is 0.233 e. The van der Waals surface area contributed by atoms with Crippen LogP contribution in [0.5, 0.6) is 5.75 Å². The van der Waals surface area contributed by atoms with Crippen LogP contribution in [0.3, 0.4) is 0 Å². The van der Waals surface area contributed by atoms with Crippen molar-refractivity contribution in [2.45, 2.75) is 30.8 Å². The Balaban J connectivity index is 1.95. The van der Waals surface area contributed by atoms with Crippen LogP contribution in [0.2, 0.25) is 0 Å². The Labute approximate surface area is 162 Å². The SMILES string of the molecule is CCNC(=O)[C@@H](C)Sc1nnc(-c2cccc(OC)c2)n1Cc1ccco1. The van der Waals surface area contributed by atoms with Gasteiger partial charge in [0.25, 0.3) is 0 Å². The molecular weight excluding hydrogens is 364 g/mol. The molecule has 0 aliphatic rings. The number of furan rings is 1. The highest BCUT2D eigenvalue weighted by Crippen LogP contribution is 2.29. The van der Waals surface area contributed by atoms with Crippen molar-refractivity contribution in [1.82, 2.24) is 20.1 Å². The number of methoxy groups -OCH3 is 1. The van der Waals surface area contributed by atoms with E-state index in [2.05, 4.69) is 15.5 Å². The molecule has 3 aromatic rings. The van der Waals surface area contributed by atoms with E-state index in [1.807, 2.05) is 54.8 Å². The zero-order valence-electron chi connectivity index (χ0n) is 15.5. The van der Waals surface area contributed by atoms with Gasteiger partial charge in [0.1, 0.15) is 11.5 Å². The average Bonchev–Trinajstić information content (AvgIpc) is 3.33. The van der Waals surface area contributed by atoms with E-state index in [1.54, 1.807) is 13.4 Å². The van der Waals surface area contributed by atoms with Crippen molar-refractivity contribution in [2.75, 3.05) is 13.7 Å². The van der Waals surface area contributed by atoms with Gasteiger partial charge in [-0.15, -0.1) is 10.2 Å². The molecule has 0 unspecified atom stereocenters. The number of nitrogens with zero attached hydrogens (tertiary/aromatic N) is 3. The summed E-state index contributed by atoms with van der Waals surface area (Å²) >= 11 is 1.37. The molecule has 2 heterocycles. The molecule has 1 aromatic carbocycles. The predicted molar refractivity (Wildman–Crippen MR) is 104 cm³/mol. The minimum Gasteiger partial charge on any atom is -0.497 e. The second kappa shape index (κ2) is 8.77. The number of benzene rings is 1. The van der Waals surface area contributed by atoms with Gasteiger partial charge in [-0.25, -0.2) is 0 Å². The maximum Gasteiger partial charge on any atom is 0.233 e. The Bertz CT molecular complexity index is 892. The quantitative estimate of drug-likeness (QED) is 0.599. The van der Waals surface area contributed by atoms with Gasteiger partial charge < -0.3 is 14.5 Å². The van der Waals surface area contributed by atoms with Crippen LogP contribution < -0.4 is 10.1 Å². The summed E-state index contributed by atoms with van der Waals surface area (Å²) in [5.74, 6) is 2.19. The number of rotatable bonds is 8. The molecule has 0 spiro atoms. The predicted octanol–water partition coefficient (Wildman–Crippen LogP) is 3.21. The summed E-state index contributed by atoms with van der Waals surface area (Å²) in [5.41, 5.74) is 0.880. The van der Waals surface area contributed by atoms with Gasteiger partial charge in [0.05, 0.1) is 25.2 Å². The van der Waals surface area contributed by atoms with Crippen LogP contribution in [0.1, 0.15) is 19.6 Å². The highest BCUT2D eigenvalue weighted by Gasteiger charge is 2.21. The van der Waals surface area contributed by atoms with E-state index in [4.69, 9.17) is 9.15 Å². The van der Waals surface area contributed by atoms with Crippen LogP contribution in [0.15, 0.2) is 52.2 Å². The van der Waals surface area contributed by atoms with Gasteiger partial charge in [0.15, 0.2) is 11.0 Å². The van der Waals surface area contributed by atoms with Crippen molar-refractivity contribution in [1.29, 1.82) is 0 Å². The van der Waals surface area contributed by atoms with E-state index in [9.17, 15) is 4.79 Å². The van der Waals surface area contributed by atoms with Crippen molar-refractivity contribution in [2.24, 2.45) is 0 Å². The van der Waals surface area contributed by atoms with Crippen LogP contribution in [-0.4, -0.2) is 39.6 Å². The van der Waals surface area contributed by atoms with E-state index in [1.165, 1.54) is 11.8 Å². The van der Waals surface area contributed by atoms with Crippen molar-refractivity contribution in [3.05, 3.63) is 48.4 Å². The van der Waals surface area contributed by atoms with Crippen LogP contribution in [0.4, 0.5) is 0 Å². The Kier molecular flexibility index (Phi) is 6.18. The molecule has 1 N–H and O–H groups in total. The molecule has 1 atom stereocenters. The first-order valence-electron chi connectivity index (χ1n) is 8.66. The van der Waals surface area contributed by atoms with Crippen molar-refractivity contribution >= 4 is 17.7 Å². The van der Waals surface area contributed by atoms with Gasteiger partial charge in [-0.2, -0.15) is 0 Å². The molecule has 0 aliphatic heterocycles. The molecule has 0 saturated heterocycles. The molecule has 1 amide bonds. The second-order valence-corrected chi connectivity index (χ2v) is 7.17. The van der Waals surface area contributed by atoms with E-state index in [-0.39, 0.29) is 11.2 Å². The largest absolute Gasteiger partial charge is 0.497 e. The lowest BCUT2D eigenvalue weighted by Crippen LogP contribution is -2.30. The van der Waals surface area contributed by atoms with Crippen molar-refractivity contribution in [3.63, 3.8) is 0 Å². The van der Waals surface area contributed by atoms with Crippen LogP contribution >= 0.6 is 11.8 Å². The lowest BCUT2D eigenvalue weighted by atomic mass is 10.2. The number of aromatic nitrogens is 3. The summed E-state index contributed by atoms with van der Waals surface area (Å²) in [4.78, 5) is 12.1. The number of hydrogen-bond acceptors (Lipinski definition) is 6. The number of hydrogen-bond donors (Lipinski definition) is 1. The fourth-order valence-corrected chi connectivity index (χ4v) is 3.45. The highest BCUT2D eigenvalue weighted by molar-refractivity contribution is 8.00. The summed E-state index contributed by atoms with van der Waals surface area (Å²) in [7, 11) is 1.63. The zero-order valence-corrected chi connectivity index (χ0v) is 16.3. The number of ether oxygens (including phenoxy) is 1. The number of amides is 1. The van der Waals surface area contributed by atoms with E-state index in [0.29, 0.717) is 24.1 Å². The first kappa shape index (κ1) is 19.0. The molecule has 0 fully saturated rings. The lowest BCUT2D eigenvalue weighted by Gasteiger charge is -2.13. The minimum atomic E-state index is -0.289. The molecule has 2 aromatic heterocycles. The van der Waals surface area contributed by atoms with Crippen LogP contribution in [0, 0.1) is 0 Å². The Morgan fingerprint density at radius 1 is 1.33 bits per heavy atom. The Morgan fingerprint density at radius 3 is 2.89 bits per heavy atom. The number of carbonyl (C=O) groups excluding carboxylic acids is 1. The fraction of sp³-hybridized carbons (Fsp3) is 0.316. The molecule has 0 radical (unpaired) electrons. The van der Waals surface area contributed by atoms with Crippen molar-refractivity contribution < 1.29 is 13.9 Å². The van der Waals surface area contributed by atoms with Gasteiger partial charge >= 0.3 is 0 Å². The summed E-state index contributed by atoms with van der Waals surface area (Å²) in [5, 5.41) is 11.9. The standard InChI is InChI=1S/C19H22N4O3S/c1-4-20-18(24)13(2)27-19-22-21-17(14-7-5-8-15(11-14)25-3)23(19)12-16-9-6-10-26-16/h5-11,13H,4,12H2,1-3H3,(H,20,24)/t13-/m1/s1. The third kappa shape index (κ3) is 4.51. The number of carbonyl (C=O) groups is 1. The molecule has 142 valence electrons. The molecule has 3 rings (SSSR count). The Hall–Kier alpha value is -2.74. The highest BCUT2D eigenvalue weighted by atomic mass is 32.2. The van der Waals surface area contributed by atoms with Crippen LogP contribution in [0.25, 0.3) is 11.4 Å². The topological polar surface area (TPSA) is 82.2 Å².